The van der Waals surface area contributed by atoms with Crippen molar-refractivity contribution in [2.24, 2.45) is 0 Å². The van der Waals surface area contributed by atoms with Gasteiger partial charge in [-0.1, -0.05) is 30.0 Å². The van der Waals surface area contributed by atoms with Crippen molar-refractivity contribution in [1.29, 1.82) is 0 Å². The van der Waals surface area contributed by atoms with Gasteiger partial charge < -0.3 is 19.7 Å². The van der Waals surface area contributed by atoms with Crippen LogP contribution in [-0.4, -0.2) is 57.5 Å². The lowest BCUT2D eigenvalue weighted by Gasteiger charge is -2.21. The van der Waals surface area contributed by atoms with Gasteiger partial charge in [-0.15, -0.1) is 0 Å². The second kappa shape index (κ2) is 8.19. The molecule has 1 aromatic rings. The Morgan fingerprint density at radius 3 is 2.46 bits per heavy atom. The molecule has 2 rings (SSSR count). The normalized spacial score (nSPS) is 16.7. The van der Waals surface area contributed by atoms with E-state index in [1.54, 1.807) is 18.2 Å². The van der Waals surface area contributed by atoms with E-state index in [1.165, 1.54) is 20.3 Å². The van der Waals surface area contributed by atoms with Gasteiger partial charge in [-0.25, -0.2) is 4.79 Å². The molecule has 1 aliphatic rings. The minimum atomic E-state index is -1.56. The van der Waals surface area contributed by atoms with Crippen LogP contribution in [0.3, 0.4) is 0 Å². The first-order valence-electron chi connectivity index (χ1n) is 7.22. The highest BCUT2D eigenvalue weighted by Gasteiger charge is 2.41. The summed E-state index contributed by atoms with van der Waals surface area (Å²) in [5.41, 5.74) is 0.619. The quantitative estimate of drug-likeness (QED) is 0.525. The van der Waals surface area contributed by atoms with Crippen molar-refractivity contribution in [3.05, 3.63) is 28.7 Å². The fourth-order valence-corrected chi connectivity index (χ4v) is 3.65. The highest BCUT2D eigenvalue weighted by atomic mass is 32.2. The Morgan fingerprint density at radius 1 is 1.27 bits per heavy atom. The predicted molar refractivity (Wildman–Crippen MR) is 98.2 cm³/mol. The molecule has 1 fully saturated rings. The molecule has 1 heterocycles. The molecular weight excluding hydrogens is 382 g/mol. The number of carboxylic acid groups (broad SMARTS) is 2. The maximum Gasteiger partial charge on any atom is 0.327 e. The van der Waals surface area contributed by atoms with E-state index in [0.717, 1.165) is 16.7 Å². The van der Waals surface area contributed by atoms with E-state index >= 15 is 0 Å². The summed E-state index contributed by atoms with van der Waals surface area (Å²) < 4.78 is 10.3. The first-order valence-corrected chi connectivity index (χ1v) is 8.44. The summed E-state index contributed by atoms with van der Waals surface area (Å²) in [5, 5.41) is 18.1. The van der Waals surface area contributed by atoms with E-state index in [1.807, 2.05) is 0 Å². The summed E-state index contributed by atoms with van der Waals surface area (Å²) in [7, 11) is 2.97. The minimum Gasteiger partial charge on any atom is -0.493 e. The Morgan fingerprint density at radius 2 is 1.92 bits per heavy atom. The molecule has 2 N–H and O–H groups in total. The van der Waals surface area contributed by atoms with Crippen molar-refractivity contribution in [2.45, 2.75) is 12.5 Å². The van der Waals surface area contributed by atoms with E-state index in [2.05, 4.69) is 0 Å². The number of aliphatic carboxylic acids is 2. The number of hydrogen-bond donors (Lipinski definition) is 2. The molecule has 0 radical (unpaired) electrons. The molecule has 0 saturated carbocycles. The second-order valence-corrected chi connectivity index (χ2v) is 6.79. The van der Waals surface area contributed by atoms with Crippen molar-refractivity contribution in [1.82, 2.24) is 4.90 Å². The second-order valence-electron chi connectivity index (χ2n) is 5.12. The molecule has 1 unspecified atom stereocenters. The first-order chi connectivity index (χ1) is 12.3. The lowest BCUT2D eigenvalue weighted by molar-refractivity contribution is -0.150. The maximum absolute atomic E-state index is 12.6. The highest BCUT2D eigenvalue weighted by Crippen LogP contribution is 2.36. The fraction of sp³-hybridized carbons (Fsp3) is 0.250. The van der Waals surface area contributed by atoms with Crippen LogP contribution >= 0.6 is 24.0 Å². The summed E-state index contributed by atoms with van der Waals surface area (Å²) in [4.78, 5) is 35.8. The number of carboxylic acids is 2. The van der Waals surface area contributed by atoms with E-state index in [-0.39, 0.29) is 9.23 Å². The molecule has 1 amide bonds. The van der Waals surface area contributed by atoms with Crippen LogP contribution in [0.1, 0.15) is 12.0 Å². The number of carbonyl (C=O) groups is 3. The van der Waals surface area contributed by atoms with Gasteiger partial charge in [-0.05, 0) is 23.8 Å². The number of hydrogen-bond acceptors (Lipinski definition) is 7. The number of benzene rings is 1. The molecule has 8 nitrogen and oxygen atoms in total. The largest absolute Gasteiger partial charge is 0.493 e. The summed E-state index contributed by atoms with van der Waals surface area (Å²) in [6.45, 7) is 0. The smallest absolute Gasteiger partial charge is 0.327 e. The molecule has 138 valence electrons. The van der Waals surface area contributed by atoms with Crippen molar-refractivity contribution in [3.8, 4) is 11.5 Å². The topological polar surface area (TPSA) is 113 Å². The summed E-state index contributed by atoms with van der Waals surface area (Å²) in [6, 6.07) is 3.45. The van der Waals surface area contributed by atoms with Crippen molar-refractivity contribution < 1.29 is 34.1 Å². The standard InChI is InChI=1S/C16H15NO7S2/c1-23-10-4-3-8(5-11(10)24-2)6-12-14(20)17(16(25)26-12)9(15(21)22)7-13(18)19/h3-6,9H,7H2,1-2H3,(H,18,19)(H,21,22). The lowest BCUT2D eigenvalue weighted by atomic mass is 10.1. The number of amides is 1. The molecule has 0 spiro atoms. The third-order valence-electron chi connectivity index (χ3n) is 3.49. The predicted octanol–water partition coefficient (Wildman–Crippen LogP) is 1.83. The highest BCUT2D eigenvalue weighted by molar-refractivity contribution is 8.26. The molecule has 1 aromatic carbocycles. The van der Waals surface area contributed by atoms with Gasteiger partial charge in [0, 0.05) is 0 Å². The molecule has 26 heavy (non-hydrogen) atoms. The van der Waals surface area contributed by atoms with E-state index in [4.69, 9.17) is 26.8 Å². The van der Waals surface area contributed by atoms with Gasteiger partial charge in [-0.3, -0.25) is 14.5 Å². The van der Waals surface area contributed by atoms with Crippen molar-refractivity contribution in [2.75, 3.05) is 14.2 Å². The number of rotatable bonds is 7. The number of carbonyl (C=O) groups excluding carboxylic acids is 1. The number of thiocarbonyl (C=S) groups is 1. The number of ether oxygens (including phenoxy) is 2. The van der Waals surface area contributed by atoms with Crippen molar-refractivity contribution >= 4 is 52.2 Å². The van der Waals surface area contributed by atoms with Gasteiger partial charge in [0.2, 0.25) is 0 Å². The van der Waals surface area contributed by atoms with Crippen LogP contribution in [0.2, 0.25) is 0 Å². The van der Waals surface area contributed by atoms with Gasteiger partial charge in [0.1, 0.15) is 10.4 Å². The van der Waals surface area contributed by atoms with Crippen LogP contribution in [0, 0.1) is 0 Å². The summed E-state index contributed by atoms with van der Waals surface area (Å²) >= 11 is 5.99. The third-order valence-corrected chi connectivity index (χ3v) is 4.82. The van der Waals surface area contributed by atoms with Crippen LogP contribution in [0.15, 0.2) is 23.1 Å². The van der Waals surface area contributed by atoms with Crippen LogP contribution in [0.25, 0.3) is 6.08 Å². The monoisotopic (exact) mass is 397 g/mol. The van der Waals surface area contributed by atoms with Crippen molar-refractivity contribution in [3.63, 3.8) is 0 Å². The van der Waals surface area contributed by atoms with Crippen LogP contribution < -0.4 is 9.47 Å². The fourth-order valence-electron chi connectivity index (χ4n) is 2.30. The van der Waals surface area contributed by atoms with Gasteiger partial charge in [-0.2, -0.15) is 0 Å². The maximum atomic E-state index is 12.6. The third kappa shape index (κ3) is 4.14. The van der Waals surface area contributed by atoms with Crippen LogP contribution in [0.5, 0.6) is 11.5 Å². The Balaban J connectivity index is 2.34. The van der Waals surface area contributed by atoms with Gasteiger partial charge in [0.15, 0.2) is 11.5 Å². The summed E-state index contributed by atoms with van der Waals surface area (Å²) in [6.07, 6.45) is 0.784. The molecule has 10 heteroatoms. The number of methoxy groups -OCH3 is 2. The zero-order valence-electron chi connectivity index (χ0n) is 13.8. The van der Waals surface area contributed by atoms with Gasteiger partial charge in [0.25, 0.3) is 5.91 Å². The van der Waals surface area contributed by atoms with Crippen LogP contribution in [-0.2, 0) is 14.4 Å². The van der Waals surface area contributed by atoms with Crippen LogP contribution in [0.4, 0.5) is 0 Å². The lowest BCUT2D eigenvalue weighted by Crippen LogP contribution is -2.45. The Kier molecular flexibility index (Phi) is 6.22. The first kappa shape index (κ1) is 19.7. The molecule has 1 atom stereocenters. The van der Waals surface area contributed by atoms with E-state index in [9.17, 15) is 19.5 Å². The Bertz CT molecular complexity index is 806. The van der Waals surface area contributed by atoms with Gasteiger partial charge >= 0.3 is 11.9 Å². The molecule has 0 bridgehead atoms. The Labute approximate surface area is 158 Å². The average Bonchev–Trinajstić information content (AvgIpc) is 2.86. The van der Waals surface area contributed by atoms with Gasteiger partial charge in [0.05, 0.1) is 25.5 Å². The molecule has 0 aliphatic carbocycles. The average molecular weight is 397 g/mol. The van der Waals surface area contributed by atoms with E-state index < -0.39 is 30.3 Å². The summed E-state index contributed by atoms with van der Waals surface area (Å²) in [5.74, 6) is -2.44. The molecule has 1 aliphatic heterocycles. The molecule has 1 saturated heterocycles. The number of thioether (sulfide) groups is 1. The zero-order chi connectivity index (χ0) is 19.4. The minimum absolute atomic E-state index is 0.00428. The SMILES string of the molecule is COc1ccc(C=C2SC(=S)N(C(CC(=O)O)C(=O)O)C2=O)cc1OC. The zero-order valence-corrected chi connectivity index (χ0v) is 15.4. The molecular formula is C16H15NO7S2. The molecule has 0 aromatic heterocycles. The van der Waals surface area contributed by atoms with E-state index in [0.29, 0.717) is 17.1 Å². The Hall–Kier alpha value is -2.59. The number of nitrogens with zero attached hydrogens (tertiary/aromatic N) is 1.